The molecule has 1 saturated carbocycles. The van der Waals surface area contributed by atoms with Crippen molar-refractivity contribution in [1.82, 2.24) is 14.8 Å². The number of primary amides is 1. The molecule has 12 heteroatoms. The summed E-state index contributed by atoms with van der Waals surface area (Å²) in [5, 5.41) is 6.27. The summed E-state index contributed by atoms with van der Waals surface area (Å²) < 4.78 is 69.1. The lowest BCUT2D eigenvalue weighted by Gasteiger charge is -2.28. The number of alkyl halides is 5. The third-order valence-corrected chi connectivity index (χ3v) is 5.58. The molecule has 2 heterocycles. The minimum absolute atomic E-state index is 0.0645. The fourth-order valence-corrected chi connectivity index (χ4v) is 3.91. The monoisotopic (exact) mass is 459 g/mol. The van der Waals surface area contributed by atoms with Crippen molar-refractivity contribution in [2.45, 2.75) is 58.2 Å². The first-order valence-electron chi connectivity index (χ1n) is 9.89. The minimum Gasteiger partial charge on any atom is -0.364 e. The van der Waals surface area contributed by atoms with Gasteiger partial charge in [0.2, 0.25) is 5.92 Å². The van der Waals surface area contributed by atoms with Gasteiger partial charge in [0.1, 0.15) is 17.0 Å². The number of hydrogen-bond donors (Lipinski definition) is 2. The average molecular weight is 459 g/mol. The highest BCUT2D eigenvalue weighted by molar-refractivity contribution is 6.05. The molecule has 0 aliphatic heterocycles. The number of nitrogens with two attached hydrogens (primary N) is 1. The predicted octanol–water partition coefficient (Wildman–Crippen LogP) is 4.09. The molecular formula is C20H22F5N5O2. The average Bonchev–Trinajstić information content (AvgIpc) is 3.01. The van der Waals surface area contributed by atoms with Crippen molar-refractivity contribution in [3.05, 3.63) is 40.5 Å². The molecule has 1 fully saturated rings. The number of pyridine rings is 1. The number of nitrogens with one attached hydrogen (secondary N) is 1. The number of amides is 2. The summed E-state index contributed by atoms with van der Waals surface area (Å²) in [7, 11) is 0. The molecule has 1 aliphatic carbocycles. The molecule has 3 rings (SSSR count). The van der Waals surface area contributed by atoms with Gasteiger partial charge >= 0.3 is 6.18 Å². The second-order valence-electron chi connectivity index (χ2n) is 7.94. The van der Waals surface area contributed by atoms with E-state index in [4.69, 9.17) is 5.73 Å². The van der Waals surface area contributed by atoms with Crippen LogP contribution in [0.15, 0.2) is 12.3 Å². The highest BCUT2D eigenvalue weighted by Crippen LogP contribution is 2.39. The van der Waals surface area contributed by atoms with E-state index < -0.39 is 40.9 Å². The quantitative estimate of drug-likeness (QED) is 0.658. The Hall–Kier alpha value is -3.05. The van der Waals surface area contributed by atoms with Gasteiger partial charge in [0, 0.05) is 36.8 Å². The van der Waals surface area contributed by atoms with Gasteiger partial charge < -0.3 is 11.1 Å². The number of anilines is 1. The van der Waals surface area contributed by atoms with E-state index in [2.05, 4.69) is 15.4 Å². The van der Waals surface area contributed by atoms with E-state index in [1.165, 1.54) is 19.2 Å². The molecule has 7 nitrogen and oxygen atoms in total. The fraction of sp³-hybridized carbons (Fsp3) is 0.500. The zero-order valence-corrected chi connectivity index (χ0v) is 17.4. The van der Waals surface area contributed by atoms with Gasteiger partial charge in [-0.25, -0.2) is 8.78 Å². The van der Waals surface area contributed by atoms with Crippen molar-refractivity contribution in [2.75, 3.05) is 5.32 Å². The van der Waals surface area contributed by atoms with Crippen LogP contribution in [-0.4, -0.2) is 32.5 Å². The normalized spacial score (nSPS) is 16.7. The van der Waals surface area contributed by atoms with Gasteiger partial charge in [-0.2, -0.15) is 18.3 Å². The molecule has 0 bridgehead atoms. The second-order valence-corrected chi connectivity index (χ2v) is 7.94. The van der Waals surface area contributed by atoms with Gasteiger partial charge in [-0.3, -0.25) is 19.3 Å². The van der Waals surface area contributed by atoms with Crippen molar-refractivity contribution in [3.8, 4) is 0 Å². The SMILES string of the molecule is Cc1nn(CC2CCC(F)(F)CC2)c(C(=O)Nc2ccnc(C(N)=O)c2C)c1C(F)(F)F. The Bertz CT molecular complexity index is 1040. The highest BCUT2D eigenvalue weighted by atomic mass is 19.4. The molecule has 1 aliphatic rings. The maximum Gasteiger partial charge on any atom is 0.420 e. The standard InChI is InChI=1S/C20H22F5N5O2/c1-10-13(5-8-27-15(10)17(26)31)28-18(32)16-14(20(23,24)25)11(2)29-30(16)9-12-3-6-19(21,22)7-4-12/h5,8,12H,3-4,6-7,9H2,1-2H3,(H2,26,31)(H,27,28,32). The Morgan fingerprint density at radius 2 is 1.88 bits per heavy atom. The summed E-state index contributed by atoms with van der Waals surface area (Å²) in [6.45, 7) is 2.48. The van der Waals surface area contributed by atoms with Crippen LogP contribution in [0.1, 0.15) is 63.5 Å². The zero-order valence-electron chi connectivity index (χ0n) is 17.4. The lowest BCUT2D eigenvalue weighted by molar-refractivity contribution is -0.138. The second kappa shape index (κ2) is 8.47. The van der Waals surface area contributed by atoms with E-state index in [1.807, 2.05) is 0 Å². The molecule has 0 radical (unpaired) electrons. The Labute approximate surface area is 180 Å². The summed E-state index contributed by atoms with van der Waals surface area (Å²) in [6.07, 6.45) is -4.17. The number of rotatable bonds is 5. The number of nitrogens with zero attached hydrogens (tertiary/aromatic N) is 3. The molecule has 174 valence electrons. The lowest BCUT2D eigenvalue weighted by atomic mass is 9.87. The van der Waals surface area contributed by atoms with Crippen LogP contribution >= 0.6 is 0 Å². The summed E-state index contributed by atoms with van der Waals surface area (Å²) in [5.41, 5.74) is 3.04. The summed E-state index contributed by atoms with van der Waals surface area (Å²) in [6, 6.07) is 1.32. The van der Waals surface area contributed by atoms with Crippen LogP contribution in [0.3, 0.4) is 0 Å². The number of halogens is 5. The zero-order chi connectivity index (χ0) is 23.8. The number of aromatic nitrogens is 3. The molecular weight excluding hydrogens is 437 g/mol. The summed E-state index contributed by atoms with van der Waals surface area (Å²) in [5.74, 6) is -5.08. The van der Waals surface area contributed by atoms with Crippen LogP contribution in [0, 0.1) is 19.8 Å². The first-order valence-corrected chi connectivity index (χ1v) is 9.89. The van der Waals surface area contributed by atoms with E-state index in [-0.39, 0.29) is 55.1 Å². The molecule has 0 atom stereocenters. The Morgan fingerprint density at radius 3 is 2.44 bits per heavy atom. The van der Waals surface area contributed by atoms with Crippen LogP contribution in [-0.2, 0) is 12.7 Å². The van der Waals surface area contributed by atoms with Crippen LogP contribution in [0.25, 0.3) is 0 Å². The largest absolute Gasteiger partial charge is 0.420 e. The van der Waals surface area contributed by atoms with Crippen molar-refractivity contribution >= 4 is 17.5 Å². The first kappa shape index (κ1) is 23.6. The number of aryl methyl sites for hydroxylation is 1. The van der Waals surface area contributed by atoms with Crippen LogP contribution < -0.4 is 11.1 Å². The molecule has 2 amide bonds. The first-order chi connectivity index (χ1) is 14.8. The number of hydrogen-bond acceptors (Lipinski definition) is 4. The molecule has 3 N–H and O–H groups in total. The lowest BCUT2D eigenvalue weighted by Crippen LogP contribution is -2.29. The van der Waals surface area contributed by atoms with Crippen LogP contribution in [0.5, 0.6) is 0 Å². The highest BCUT2D eigenvalue weighted by Gasteiger charge is 2.42. The van der Waals surface area contributed by atoms with E-state index in [9.17, 15) is 31.5 Å². The molecule has 2 aromatic heterocycles. The molecule has 0 unspecified atom stereocenters. The maximum atomic E-state index is 13.7. The Kier molecular flexibility index (Phi) is 6.25. The molecule has 0 aromatic carbocycles. The number of carbonyl (C=O) groups is 2. The molecule has 32 heavy (non-hydrogen) atoms. The number of carbonyl (C=O) groups excluding carboxylic acids is 2. The molecule has 0 spiro atoms. The Balaban J connectivity index is 1.96. The summed E-state index contributed by atoms with van der Waals surface area (Å²) >= 11 is 0. The molecule has 0 saturated heterocycles. The van der Waals surface area contributed by atoms with Gasteiger partial charge in [0.15, 0.2) is 0 Å². The van der Waals surface area contributed by atoms with Crippen molar-refractivity contribution in [3.63, 3.8) is 0 Å². The van der Waals surface area contributed by atoms with Crippen LogP contribution in [0.4, 0.5) is 27.6 Å². The van der Waals surface area contributed by atoms with Gasteiger partial charge in [-0.05, 0) is 38.7 Å². The van der Waals surface area contributed by atoms with Crippen molar-refractivity contribution < 1.29 is 31.5 Å². The van der Waals surface area contributed by atoms with Gasteiger partial charge in [0.25, 0.3) is 11.8 Å². The van der Waals surface area contributed by atoms with E-state index in [1.54, 1.807) is 0 Å². The topological polar surface area (TPSA) is 103 Å². The third kappa shape index (κ3) is 4.89. The predicted molar refractivity (Wildman–Crippen MR) is 104 cm³/mol. The minimum atomic E-state index is -4.86. The van der Waals surface area contributed by atoms with Gasteiger partial charge in [-0.15, -0.1) is 0 Å². The van der Waals surface area contributed by atoms with Crippen LogP contribution in [0.2, 0.25) is 0 Å². The smallest absolute Gasteiger partial charge is 0.364 e. The Morgan fingerprint density at radius 1 is 1.25 bits per heavy atom. The van der Waals surface area contributed by atoms with Crippen molar-refractivity contribution in [1.29, 1.82) is 0 Å². The van der Waals surface area contributed by atoms with E-state index >= 15 is 0 Å². The molecule has 2 aromatic rings. The van der Waals surface area contributed by atoms with Gasteiger partial charge in [-0.1, -0.05) is 0 Å². The van der Waals surface area contributed by atoms with Gasteiger partial charge in [0.05, 0.1) is 5.69 Å². The third-order valence-electron chi connectivity index (χ3n) is 5.58. The van der Waals surface area contributed by atoms with E-state index in [0.717, 1.165) is 11.6 Å². The van der Waals surface area contributed by atoms with E-state index in [0.29, 0.717) is 0 Å². The summed E-state index contributed by atoms with van der Waals surface area (Å²) in [4.78, 5) is 28.2. The fourth-order valence-electron chi connectivity index (χ4n) is 3.91. The maximum absolute atomic E-state index is 13.7. The van der Waals surface area contributed by atoms with Crippen molar-refractivity contribution in [2.24, 2.45) is 11.7 Å².